The Bertz CT molecular complexity index is 830. The third-order valence-electron chi connectivity index (χ3n) is 3.16. The van der Waals surface area contributed by atoms with Gasteiger partial charge in [0.05, 0.1) is 5.25 Å². The SMILES string of the molecule is CC(c1ccccc1)S(=O)(=O)NSc1c(F)c(F)c(F)c(F)c1F. The molecule has 130 valence electrons. The fourth-order valence-corrected chi connectivity index (χ4v) is 4.00. The first-order valence-electron chi connectivity index (χ1n) is 6.40. The maximum atomic E-state index is 13.5. The minimum Gasteiger partial charge on any atom is -0.211 e. The first-order valence-corrected chi connectivity index (χ1v) is 8.77. The second kappa shape index (κ2) is 7.08. The van der Waals surface area contributed by atoms with Crippen LogP contribution in [0.5, 0.6) is 0 Å². The summed E-state index contributed by atoms with van der Waals surface area (Å²) in [6.07, 6.45) is 0. The van der Waals surface area contributed by atoms with Crippen LogP contribution in [0, 0.1) is 29.1 Å². The lowest BCUT2D eigenvalue weighted by Gasteiger charge is -2.14. The summed E-state index contributed by atoms with van der Waals surface area (Å²) in [5, 5.41) is -1.10. The van der Waals surface area contributed by atoms with Crippen LogP contribution in [0.4, 0.5) is 22.0 Å². The molecule has 1 unspecified atom stereocenters. The molecule has 3 nitrogen and oxygen atoms in total. The van der Waals surface area contributed by atoms with Crippen molar-refractivity contribution in [3.8, 4) is 0 Å². The summed E-state index contributed by atoms with van der Waals surface area (Å²) in [4.78, 5) is -1.32. The van der Waals surface area contributed by atoms with Crippen LogP contribution in [-0.2, 0) is 10.0 Å². The zero-order valence-corrected chi connectivity index (χ0v) is 13.6. The standard InChI is InChI=1S/C14H10F5NO2S2/c1-7(8-5-3-2-4-6-8)24(21,22)20-23-14-12(18)10(16)9(15)11(17)13(14)19/h2-7,20H,1H3. The molecule has 2 aromatic rings. The number of sulfonamides is 1. The van der Waals surface area contributed by atoms with Crippen molar-refractivity contribution in [2.45, 2.75) is 17.1 Å². The van der Waals surface area contributed by atoms with Crippen molar-refractivity contribution in [1.29, 1.82) is 0 Å². The van der Waals surface area contributed by atoms with Gasteiger partial charge in [0.15, 0.2) is 23.3 Å². The maximum Gasteiger partial charge on any atom is 0.227 e. The molecule has 1 atom stereocenters. The topological polar surface area (TPSA) is 46.2 Å². The lowest BCUT2D eigenvalue weighted by molar-refractivity contribution is 0.361. The molecule has 2 rings (SSSR count). The monoisotopic (exact) mass is 383 g/mol. The summed E-state index contributed by atoms with van der Waals surface area (Å²) in [6, 6.07) is 7.90. The number of hydrogen-bond donors (Lipinski definition) is 1. The average Bonchev–Trinajstić information content (AvgIpc) is 2.58. The van der Waals surface area contributed by atoms with Crippen LogP contribution in [0.3, 0.4) is 0 Å². The quantitative estimate of drug-likeness (QED) is 0.366. The Labute approximate surface area is 139 Å². The summed E-state index contributed by atoms with van der Waals surface area (Å²) in [5.74, 6) is -10.8. The van der Waals surface area contributed by atoms with Crippen LogP contribution in [0.15, 0.2) is 35.2 Å². The molecule has 1 N–H and O–H groups in total. The molecule has 0 saturated heterocycles. The Morgan fingerprint density at radius 3 is 1.83 bits per heavy atom. The first kappa shape index (κ1) is 18.7. The third kappa shape index (κ3) is 3.55. The molecule has 24 heavy (non-hydrogen) atoms. The highest BCUT2D eigenvalue weighted by Crippen LogP contribution is 2.31. The molecule has 0 aliphatic heterocycles. The van der Waals surface area contributed by atoms with Gasteiger partial charge in [-0.25, -0.2) is 30.4 Å². The van der Waals surface area contributed by atoms with Crippen LogP contribution >= 0.6 is 11.9 Å². The highest BCUT2D eigenvalue weighted by atomic mass is 32.3. The van der Waals surface area contributed by atoms with Gasteiger partial charge in [-0.15, -0.1) is 0 Å². The fraction of sp³-hybridized carbons (Fsp3) is 0.143. The first-order chi connectivity index (χ1) is 11.2. The molecule has 0 fully saturated rings. The molecular formula is C14H10F5NO2S2. The number of benzene rings is 2. The van der Waals surface area contributed by atoms with E-state index in [4.69, 9.17) is 0 Å². The van der Waals surface area contributed by atoms with E-state index in [0.717, 1.165) is 0 Å². The van der Waals surface area contributed by atoms with Gasteiger partial charge in [-0.3, -0.25) is 0 Å². The number of nitrogens with one attached hydrogen (secondary N) is 1. The van der Waals surface area contributed by atoms with Crippen LogP contribution in [0.1, 0.15) is 17.7 Å². The Hall–Kier alpha value is -1.65. The Balaban J connectivity index is 2.28. The minimum absolute atomic E-state index is 0.194. The number of halogens is 5. The molecule has 0 aliphatic rings. The molecule has 0 spiro atoms. The van der Waals surface area contributed by atoms with E-state index in [0.29, 0.717) is 5.56 Å². The van der Waals surface area contributed by atoms with E-state index >= 15 is 0 Å². The second-order valence-corrected chi connectivity index (χ2v) is 7.76. The molecule has 0 radical (unpaired) electrons. The lowest BCUT2D eigenvalue weighted by Crippen LogP contribution is -2.23. The third-order valence-corrected chi connectivity index (χ3v) is 6.19. The zero-order valence-electron chi connectivity index (χ0n) is 12.0. The molecule has 0 saturated carbocycles. The van der Waals surface area contributed by atoms with Gasteiger partial charge in [0.1, 0.15) is 4.90 Å². The van der Waals surface area contributed by atoms with E-state index in [1.165, 1.54) is 19.1 Å². The lowest BCUT2D eigenvalue weighted by atomic mass is 10.2. The zero-order chi connectivity index (χ0) is 18.1. The minimum atomic E-state index is -4.14. The molecule has 10 heteroatoms. The van der Waals surface area contributed by atoms with E-state index in [2.05, 4.69) is 0 Å². The van der Waals surface area contributed by atoms with Crippen LogP contribution in [-0.4, -0.2) is 8.42 Å². The molecule has 0 aromatic heterocycles. The number of rotatable bonds is 5. The van der Waals surface area contributed by atoms with E-state index in [9.17, 15) is 30.4 Å². The molecule has 0 bridgehead atoms. The van der Waals surface area contributed by atoms with Gasteiger partial charge in [0.25, 0.3) is 0 Å². The van der Waals surface area contributed by atoms with Crippen molar-refractivity contribution < 1.29 is 30.4 Å². The van der Waals surface area contributed by atoms with Gasteiger partial charge in [-0.2, -0.15) is 4.13 Å². The highest BCUT2D eigenvalue weighted by Gasteiger charge is 2.29. The van der Waals surface area contributed by atoms with Crippen molar-refractivity contribution in [1.82, 2.24) is 4.13 Å². The molecule has 0 heterocycles. The smallest absolute Gasteiger partial charge is 0.211 e. The van der Waals surface area contributed by atoms with Crippen molar-refractivity contribution >= 4 is 22.0 Å². The predicted molar refractivity (Wildman–Crippen MR) is 79.0 cm³/mol. The summed E-state index contributed by atoms with van der Waals surface area (Å²) in [7, 11) is -4.14. The molecule has 0 aliphatic carbocycles. The van der Waals surface area contributed by atoms with Gasteiger partial charge in [-0.05, 0) is 24.4 Å². The Kier molecular flexibility index (Phi) is 5.51. The van der Waals surface area contributed by atoms with E-state index in [1.54, 1.807) is 22.3 Å². The van der Waals surface area contributed by atoms with Gasteiger partial charge in [0.2, 0.25) is 15.8 Å². The largest absolute Gasteiger partial charge is 0.227 e. The predicted octanol–water partition coefficient (Wildman–Crippen LogP) is 4.07. The van der Waals surface area contributed by atoms with Crippen molar-refractivity contribution in [3.05, 3.63) is 65.0 Å². The van der Waals surface area contributed by atoms with Crippen molar-refractivity contribution in [2.75, 3.05) is 0 Å². The molecule has 0 amide bonds. The Morgan fingerprint density at radius 2 is 1.33 bits per heavy atom. The average molecular weight is 383 g/mol. The molecule has 2 aromatic carbocycles. The van der Waals surface area contributed by atoms with E-state index < -0.39 is 49.3 Å². The van der Waals surface area contributed by atoms with Crippen LogP contribution < -0.4 is 4.13 Å². The van der Waals surface area contributed by atoms with Gasteiger partial charge in [0, 0.05) is 0 Å². The van der Waals surface area contributed by atoms with Gasteiger partial charge >= 0.3 is 0 Å². The number of hydrogen-bond acceptors (Lipinski definition) is 3. The highest BCUT2D eigenvalue weighted by molar-refractivity contribution is 8.09. The van der Waals surface area contributed by atoms with Crippen molar-refractivity contribution in [2.24, 2.45) is 0 Å². The maximum absolute atomic E-state index is 13.5. The fourth-order valence-electron chi connectivity index (χ4n) is 1.75. The van der Waals surface area contributed by atoms with Gasteiger partial charge in [-0.1, -0.05) is 30.3 Å². The normalized spacial score (nSPS) is 13.1. The summed E-state index contributed by atoms with van der Waals surface area (Å²) >= 11 is -0.194. The van der Waals surface area contributed by atoms with Crippen LogP contribution in [0.25, 0.3) is 0 Å². The van der Waals surface area contributed by atoms with Crippen molar-refractivity contribution in [3.63, 3.8) is 0 Å². The van der Waals surface area contributed by atoms with E-state index in [1.807, 2.05) is 0 Å². The Morgan fingerprint density at radius 1 is 0.875 bits per heavy atom. The summed E-state index contributed by atoms with van der Waals surface area (Å²) in [5.41, 5.74) is 0.392. The summed E-state index contributed by atoms with van der Waals surface area (Å²) in [6.45, 7) is 1.32. The summed E-state index contributed by atoms with van der Waals surface area (Å²) < 4.78 is 92.2. The van der Waals surface area contributed by atoms with Crippen LogP contribution in [0.2, 0.25) is 0 Å². The van der Waals surface area contributed by atoms with E-state index in [-0.39, 0.29) is 11.9 Å². The molecular weight excluding hydrogens is 373 g/mol. The second-order valence-electron chi connectivity index (χ2n) is 4.68. The van der Waals surface area contributed by atoms with Gasteiger partial charge < -0.3 is 0 Å².